The first-order chi connectivity index (χ1) is 6.84. The number of nitrogens with one attached hydrogen (secondary N) is 2. The third kappa shape index (κ3) is 8.56. The minimum Gasteiger partial charge on any atom is -0.348 e. The maximum atomic E-state index is 11.7. The van der Waals surface area contributed by atoms with Crippen LogP contribution in [0.1, 0.15) is 12.8 Å². The summed E-state index contributed by atoms with van der Waals surface area (Å²) in [5.74, 6) is -1.86. The van der Waals surface area contributed by atoms with E-state index >= 15 is 0 Å². The van der Waals surface area contributed by atoms with Crippen LogP contribution in [0.3, 0.4) is 0 Å². The van der Waals surface area contributed by atoms with Crippen molar-refractivity contribution in [3.05, 3.63) is 0 Å². The topological polar surface area (TPSA) is 41.1 Å². The van der Waals surface area contributed by atoms with Gasteiger partial charge in [-0.05, 0) is 25.4 Å². The summed E-state index contributed by atoms with van der Waals surface area (Å²) in [6.45, 7) is 0.853. The minimum atomic E-state index is -4.76. The molecule has 92 valence electrons. The van der Waals surface area contributed by atoms with Gasteiger partial charge in [-0.25, -0.2) is 11.1 Å². The van der Waals surface area contributed by atoms with Crippen molar-refractivity contribution in [1.82, 2.24) is 10.0 Å². The van der Waals surface area contributed by atoms with Gasteiger partial charge in [0.15, 0.2) is 0 Å². The molecule has 0 aliphatic rings. The summed E-state index contributed by atoms with van der Waals surface area (Å²) < 4.78 is 38.3. The van der Waals surface area contributed by atoms with Crippen molar-refractivity contribution in [1.29, 1.82) is 0 Å². The SMILES string of the molecule is C[SH](C)NCCCCNC(=O)C(F)(F)F. The molecule has 0 aromatic heterocycles. The minimum absolute atomic E-state index is 0.0748. The second-order valence-electron chi connectivity index (χ2n) is 3.26. The van der Waals surface area contributed by atoms with Crippen molar-refractivity contribution in [3.8, 4) is 0 Å². The molecule has 0 heterocycles. The maximum Gasteiger partial charge on any atom is 0.471 e. The van der Waals surface area contributed by atoms with Crippen LogP contribution in [0.2, 0.25) is 0 Å². The Kier molecular flexibility index (Phi) is 6.75. The molecule has 0 aliphatic heterocycles. The van der Waals surface area contributed by atoms with Crippen LogP contribution in [0.15, 0.2) is 0 Å². The number of rotatable bonds is 6. The quantitative estimate of drug-likeness (QED) is 0.487. The molecular weight excluding hydrogens is 229 g/mol. The van der Waals surface area contributed by atoms with Gasteiger partial charge in [0, 0.05) is 13.1 Å². The van der Waals surface area contributed by atoms with E-state index in [0.717, 1.165) is 13.0 Å². The van der Waals surface area contributed by atoms with Gasteiger partial charge in [0.2, 0.25) is 0 Å². The summed E-state index contributed by atoms with van der Waals surface area (Å²) in [4.78, 5) is 10.4. The van der Waals surface area contributed by atoms with Crippen LogP contribution in [0.4, 0.5) is 13.2 Å². The number of halogens is 3. The average molecular weight is 246 g/mol. The second kappa shape index (κ2) is 6.95. The van der Waals surface area contributed by atoms with Gasteiger partial charge in [-0.1, -0.05) is 0 Å². The molecule has 0 rings (SSSR count). The molecule has 1 amide bonds. The van der Waals surface area contributed by atoms with Gasteiger partial charge in [0.1, 0.15) is 0 Å². The van der Waals surface area contributed by atoms with Crippen molar-refractivity contribution in [2.75, 3.05) is 25.6 Å². The Morgan fingerprint density at radius 1 is 1.20 bits per heavy atom. The number of amides is 1. The van der Waals surface area contributed by atoms with Crippen molar-refractivity contribution < 1.29 is 18.0 Å². The van der Waals surface area contributed by atoms with Crippen LogP contribution >= 0.6 is 11.1 Å². The summed E-state index contributed by atoms with van der Waals surface area (Å²) in [6.07, 6.45) is 0.664. The Labute approximate surface area is 90.3 Å². The Balaban J connectivity index is 3.36. The Morgan fingerprint density at radius 3 is 2.20 bits per heavy atom. The molecule has 0 aromatic rings. The normalized spacial score (nSPS) is 12.5. The van der Waals surface area contributed by atoms with Crippen molar-refractivity contribution in [2.24, 2.45) is 0 Å². The van der Waals surface area contributed by atoms with Gasteiger partial charge in [0.05, 0.1) is 0 Å². The molecule has 0 bridgehead atoms. The van der Waals surface area contributed by atoms with Crippen LogP contribution in [0.25, 0.3) is 0 Å². The van der Waals surface area contributed by atoms with E-state index in [1.165, 1.54) is 0 Å². The fourth-order valence-electron chi connectivity index (χ4n) is 0.855. The van der Waals surface area contributed by atoms with E-state index in [1.807, 2.05) is 5.32 Å². The van der Waals surface area contributed by atoms with Gasteiger partial charge < -0.3 is 5.32 Å². The Bertz CT molecular complexity index is 197. The predicted octanol–water partition coefficient (Wildman–Crippen LogP) is 1.21. The maximum absolute atomic E-state index is 11.7. The third-order valence-electron chi connectivity index (χ3n) is 1.57. The predicted molar refractivity (Wildman–Crippen MR) is 57.1 cm³/mol. The van der Waals surface area contributed by atoms with Crippen molar-refractivity contribution in [2.45, 2.75) is 19.0 Å². The lowest BCUT2D eigenvalue weighted by Crippen LogP contribution is -2.37. The zero-order valence-electron chi connectivity index (χ0n) is 8.82. The largest absolute Gasteiger partial charge is 0.471 e. The molecule has 3 nitrogen and oxygen atoms in total. The first-order valence-electron chi connectivity index (χ1n) is 4.60. The standard InChI is InChI=1S/C8H17F3N2OS/c1-15(2)13-6-4-3-5-12-7(14)8(9,10)11/h13,15H,3-6H2,1-2H3,(H,12,14). The number of thiol groups is 1. The van der Waals surface area contributed by atoms with Gasteiger partial charge in [-0.3, -0.25) is 9.52 Å². The zero-order valence-corrected chi connectivity index (χ0v) is 9.71. The highest BCUT2D eigenvalue weighted by atomic mass is 32.2. The third-order valence-corrected chi connectivity index (χ3v) is 2.43. The fraction of sp³-hybridized carbons (Fsp3) is 0.875. The van der Waals surface area contributed by atoms with Crippen molar-refractivity contribution in [3.63, 3.8) is 0 Å². The monoisotopic (exact) mass is 246 g/mol. The summed E-state index contributed by atoms with van der Waals surface area (Å²) in [5, 5.41) is 1.82. The molecule has 0 aliphatic carbocycles. The number of hydrogen-bond acceptors (Lipinski definition) is 2. The van der Waals surface area contributed by atoms with E-state index < -0.39 is 12.1 Å². The molecule has 7 heteroatoms. The Morgan fingerprint density at radius 2 is 1.73 bits per heavy atom. The summed E-state index contributed by atoms with van der Waals surface area (Å²) in [7, 11) is 0. The fourth-order valence-corrected chi connectivity index (χ4v) is 1.46. The molecule has 0 fully saturated rings. The first-order valence-corrected chi connectivity index (χ1v) is 6.83. The van der Waals surface area contributed by atoms with Gasteiger partial charge in [-0.2, -0.15) is 13.2 Å². The van der Waals surface area contributed by atoms with E-state index in [9.17, 15) is 18.0 Å². The van der Waals surface area contributed by atoms with Gasteiger partial charge in [-0.15, -0.1) is 0 Å². The average Bonchev–Trinajstić information content (AvgIpc) is 2.08. The van der Waals surface area contributed by atoms with E-state index in [4.69, 9.17) is 0 Å². The number of carbonyl (C=O) groups excluding carboxylic acids is 1. The van der Waals surface area contributed by atoms with Crippen LogP contribution < -0.4 is 10.0 Å². The van der Waals surface area contributed by atoms with Crippen molar-refractivity contribution >= 4 is 17.0 Å². The van der Waals surface area contributed by atoms with Crippen LogP contribution in [0, 0.1) is 0 Å². The molecule has 0 aromatic carbocycles. The highest BCUT2D eigenvalue weighted by molar-refractivity contribution is 8.14. The molecule has 15 heavy (non-hydrogen) atoms. The number of hydrogen-bond donors (Lipinski definition) is 3. The Hall–Kier alpha value is -0.430. The molecule has 0 spiro atoms. The molecule has 0 unspecified atom stereocenters. The number of carbonyl (C=O) groups is 1. The lowest BCUT2D eigenvalue weighted by molar-refractivity contribution is -0.173. The summed E-state index contributed by atoms with van der Waals surface area (Å²) in [5.41, 5.74) is 0. The first kappa shape index (κ1) is 14.6. The smallest absolute Gasteiger partial charge is 0.348 e. The second-order valence-corrected chi connectivity index (χ2v) is 5.37. The lowest BCUT2D eigenvalue weighted by Gasteiger charge is -2.11. The molecular formula is C8H17F3N2OS. The highest BCUT2D eigenvalue weighted by Gasteiger charge is 2.38. The van der Waals surface area contributed by atoms with E-state index in [0.29, 0.717) is 6.42 Å². The molecule has 0 atom stereocenters. The summed E-state index contributed by atoms with van der Waals surface area (Å²) >= 11 is -0.170. The van der Waals surface area contributed by atoms with Gasteiger partial charge in [0.25, 0.3) is 0 Å². The molecule has 0 saturated heterocycles. The van der Waals surface area contributed by atoms with E-state index in [2.05, 4.69) is 17.2 Å². The van der Waals surface area contributed by atoms with Crippen LogP contribution in [-0.4, -0.2) is 37.7 Å². The zero-order chi connectivity index (χ0) is 11.9. The number of unbranched alkanes of at least 4 members (excludes halogenated alkanes) is 1. The lowest BCUT2D eigenvalue weighted by atomic mass is 10.3. The van der Waals surface area contributed by atoms with Crippen LogP contribution in [-0.2, 0) is 4.79 Å². The van der Waals surface area contributed by atoms with Crippen LogP contribution in [0.5, 0.6) is 0 Å². The summed E-state index contributed by atoms with van der Waals surface area (Å²) in [6, 6.07) is 0. The van der Waals surface area contributed by atoms with E-state index in [-0.39, 0.29) is 17.6 Å². The molecule has 0 saturated carbocycles. The molecule has 2 N–H and O–H groups in total. The van der Waals surface area contributed by atoms with Gasteiger partial charge >= 0.3 is 12.1 Å². The highest BCUT2D eigenvalue weighted by Crippen LogP contribution is 2.13. The van der Waals surface area contributed by atoms with E-state index in [1.54, 1.807) is 0 Å². The molecule has 0 radical (unpaired) electrons. The number of alkyl halides is 3.